The van der Waals surface area contributed by atoms with Crippen LogP contribution in [0.5, 0.6) is 0 Å². The van der Waals surface area contributed by atoms with Gasteiger partial charge in [0.2, 0.25) is 0 Å². The molecule has 14 heteroatoms. The van der Waals surface area contributed by atoms with E-state index in [9.17, 15) is 49.2 Å². The number of carboxylic acids is 4. The van der Waals surface area contributed by atoms with Gasteiger partial charge in [-0.25, -0.2) is 19.2 Å². The molecular formula is C56H36O14. The topological polar surface area (TPSA) is 236 Å². The first kappa shape index (κ1) is 45.3. The van der Waals surface area contributed by atoms with E-state index in [1.54, 1.807) is 97.1 Å². The molecule has 0 bridgehead atoms. The van der Waals surface area contributed by atoms with Crippen molar-refractivity contribution < 1.29 is 66.9 Å². The lowest BCUT2D eigenvalue weighted by Gasteiger charge is -2.12. The molecule has 1 fully saturated rings. The molecule has 0 unspecified atom stereocenters. The van der Waals surface area contributed by atoms with E-state index in [0.717, 1.165) is 0 Å². The quantitative estimate of drug-likeness (QED) is 0.0700. The van der Waals surface area contributed by atoms with Crippen LogP contribution in [0.4, 0.5) is 0 Å². The van der Waals surface area contributed by atoms with Crippen LogP contribution in [0.3, 0.4) is 0 Å². The molecule has 0 aliphatic heterocycles. The molecule has 0 spiro atoms. The van der Waals surface area contributed by atoms with Crippen LogP contribution in [0.25, 0.3) is 80.7 Å². The fourth-order valence-corrected chi connectivity index (χ4v) is 7.85. The highest BCUT2D eigenvalue weighted by molar-refractivity contribution is 6.15. The lowest BCUT2D eigenvalue weighted by molar-refractivity contribution is -0.111. The monoisotopic (exact) mass is 932 g/mol. The number of carboxylic acid groups (broad SMARTS) is 4. The third-order valence-corrected chi connectivity index (χ3v) is 11.3. The number of rotatable bonds is 15. The highest BCUT2D eigenvalue weighted by Gasteiger charge is 2.25. The Balaban J connectivity index is 0.932. The van der Waals surface area contributed by atoms with Crippen molar-refractivity contribution in [1.29, 1.82) is 0 Å². The van der Waals surface area contributed by atoms with Crippen LogP contribution < -0.4 is 0 Å². The van der Waals surface area contributed by atoms with E-state index in [2.05, 4.69) is 0 Å². The second kappa shape index (κ2) is 19.2. The van der Waals surface area contributed by atoms with Crippen LogP contribution in [0.15, 0.2) is 174 Å². The number of benzene rings is 4. The zero-order valence-electron chi connectivity index (χ0n) is 36.5. The maximum atomic E-state index is 13.5. The molecule has 70 heavy (non-hydrogen) atoms. The van der Waals surface area contributed by atoms with Crippen molar-refractivity contribution in [1.82, 2.24) is 0 Å². The zero-order valence-corrected chi connectivity index (χ0v) is 36.5. The molecule has 0 saturated heterocycles. The minimum absolute atomic E-state index is 0.0508. The summed E-state index contributed by atoms with van der Waals surface area (Å²) in [5.74, 6) is -2.33. The Morgan fingerprint density at radius 3 is 1.36 bits per heavy atom. The molecule has 1 aliphatic rings. The average molecular weight is 933 g/mol. The molecular weight excluding hydrogens is 897 g/mol. The molecule has 8 aromatic rings. The van der Waals surface area contributed by atoms with E-state index in [0.29, 0.717) is 91.9 Å². The SMILES string of the molecule is O=C(/C=C/c1ccc(-c2cccc(C(=O)O)c2)o1)/C=C/c1ccc(-c2cc(C(=O)O)cc(-c3ccc(C(=O)O)cc3-c3ccc(/C=C4\CC/C(=C\c5ccc(-c6cccc(C(=O)O)c6)o5)C4=O)o3)c2)o1. The highest BCUT2D eigenvalue weighted by Crippen LogP contribution is 2.39. The molecule has 4 aromatic heterocycles. The van der Waals surface area contributed by atoms with Gasteiger partial charge in [-0.1, -0.05) is 30.3 Å². The predicted octanol–water partition coefficient (Wildman–Crippen LogP) is 12.3. The summed E-state index contributed by atoms with van der Waals surface area (Å²) in [4.78, 5) is 73.8. The minimum Gasteiger partial charge on any atom is -0.478 e. The summed E-state index contributed by atoms with van der Waals surface area (Å²) in [6, 6.07) is 34.8. The first-order chi connectivity index (χ1) is 33.7. The third-order valence-electron chi connectivity index (χ3n) is 11.3. The van der Waals surface area contributed by atoms with Crippen LogP contribution in [-0.2, 0) is 9.59 Å². The number of allylic oxidation sites excluding steroid dienone is 4. The van der Waals surface area contributed by atoms with Crippen molar-refractivity contribution >= 4 is 59.7 Å². The molecule has 4 heterocycles. The summed E-state index contributed by atoms with van der Waals surface area (Å²) in [5, 5.41) is 38.8. The first-order valence-corrected chi connectivity index (χ1v) is 21.4. The second-order valence-electron chi connectivity index (χ2n) is 16.0. The summed E-state index contributed by atoms with van der Waals surface area (Å²) in [7, 11) is 0. The van der Waals surface area contributed by atoms with Gasteiger partial charge in [-0.2, -0.15) is 0 Å². The molecule has 344 valence electrons. The summed E-state index contributed by atoms with van der Waals surface area (Å²) in [6.45, 7) is 0. The van der Waals surface area contributed by atoms with Crippen LogP contribution in [0, 0.1) is 0 Å². The van der Waals surface area contributed by atoms with Crippen LogP contribution in [0.2, 0.25) is 0 Å². The molecule has 9 rings (SSSR count). The Kier molecular flexibility index (Phi) is 12.4. The fraction of sp³-hybridized carbons (Fsp3) is 0.0357. The van der Waals surface area contributed by atoms with Crippen molar-refractivity contribution in [3.05, 3.63) is 202 Å². The van der Waals surface area contributed by atoms with E-state index < -0.39 is 29.7 Å². The zero-order chi connectivity index (χ0) is 49.1. The Morgan fingerprint density at radius 2 is 0.829 bits per heavy atom. The van der Waals surface area contributed by atoms with Gasteiger partial charge in [0.15, 0.2) is 11.6 Å². The molecule has 1 aliphatic carbocycles. The Bertz CT molecular complexity index is 3560. The number of furan rings is 4. The van der Waals surface area contributed by atoms with Crippen molar-refractivity contribution in [2.45, 2.75) is 12.8 Å². The maximum absolute atomic E-state index is 13.5. The van der Waals surface area contributed by atoms with Crippen LogP contribution in [0.1, 0.15) is 77.3 Å². The van der Waals surface area contributed by atoms with Gasteiger partial charge < -0.3 is 38.1 Å². The van der Waals surface area contributed by atoms with E-state index in [1.807, 2.05) is 0 Å². The van der Waals surface area contributed by atoms with Crippen molar-refractivity contribution in [3.8, 4) is 56.4 Å². The van der Waals surface area contributed by atoms with Gasteiger partial charge >= 0.3 is 23.9 Å². The lowest BCUT2D eigenvalue weighted by atomic mass is 9.93. The van der Waals surface area contributed by atoms with E-state index in [-0.39, 0.29) is 39.6 Å². The number of carbonyl (C=O) groups is 6. The number of aromatic carboxylic acids is 4. The number of carbonyl (C=O) groups excluding carboxylic acids is 2. The van der Waals surface area contributed by atoms with Gasteiger partial charge in [0, 0.05) is 33.4 Å². The third kappa shape index (κ3) is 9.96. The van der Waals surface area contributed by atoms with Crippen LogP contribution >= 0.6 is 0 Å². The molecule has 4 aromatic carbocycles. The van der Waals surface area contributed by atoms with Gasteiger partial charge in [-0.05, 0) is 164 Å². The number of Topliss-reactive ketones (excluding diaryl/α,β-unsaturated/α-hetero) is 1. The van der Waals surface area contributed by atoms with E-state index >= 15 is 0 Å². The standard InChI is InChI=1S/C56H36O14/c57-41(10-12-42-14-19-48(67-42)31-3-1-5-35(23-31)53(59)60)11-13-43-15-20-50(68-43)39-25-38(26-40(27-39)56(65)66)46-18-9-37(55(63)64)30-47(46)51-22-17-45(70-51)29-34-8-7-33(52(34)58)28-44-16-21-49(69-44)32-4-2-6-36(24-32)54(61)62/h1-6,9-30H,7-8H2,(H,59,60)(H,61,62)(H,63,64)(H,65,66)/b12-10+,13-11+,33-28+,34-29+. The molecule has 0 amide bonds. The molecule has 4 N–H and O–H groups in total. The number of hydrogen-bond donors (Lipinski definition) is 4. The number of hydrogen-bond acceptors (Lipinski definition) is 10. The molecule has 1 saturated carbocycles. The molecule has 14 nitrogen and oxygen atoms in total. The summed E-state index contributed by atoms with van der Waals surface area (Å²) < 4.78 is 24.0. The fourth-order valence-electron chi connectivity index (χ4n) is 7.85. The van der Waals surface area contributed by atoms with Crippen LogP contribution in [-0.4, -0.2) is 55.9 Å². The largest absolute Gasteiger partial charge is 0.478 e. The minimum atomic E-state index is -1.23. The van der Waals surface area contributed by atoms with Crippen molar-refractivity contribution in [2.75, 3.05) is 0 Å². The van der Waals surface area contributed by atoms with Gasteiger partial charge in [0.25, 0.3) is 0 Å². The molecule has 0 atom stereocenters. The van der Waals surface area contributed by atoms with E-state index in [4.69, 9.17) is 17.7 Å². The first-order valence-electron chi connectivity index (χ1n) is 21.4. The molecule has 0 radical (unpaired) electrons. The second-order valence-corrected chi connectivity index (χ2v) is 16.0. The van der Waals surface area contributed by atoms with Gasteiger partial charge in [0.1, 0.15) is 46.1 Å². The smallest absolute Gasteiger partial charge is 0.335 e. The summed E-state index contributed by atoms with van der Waals surface area (Å²) >= 11 is 0. The predicted molar refractivity (Wildman–Crippen MR) is 257 cm³/mol. The normalized spacial score (nSPS) is 13.8. The maximum Gasteiger partial charge on any atom is 0.335 e. The summed E-state index contributed by atoms with van der Waals surface area (Å²) in [6.07, 6.45) is 9.62. The van der Waals surface area contributed by atoms with Gasteiger partial charge in [0.05, 0.1) is 22.3 Å². The van der Waals surface area contributed by atoms with Crippen molar-refractivity contribution in [3.63, 3.8) is 0 Å². The van der Waals surface area contributed by atoms with E-state index in [1.165, 1.54) is 72.8 Å². The Labute approximate surface area is 396 Å². The Hall–Kier alpha value is -9.82. The number of ketones is 2. The highest BCUT2D eigenvalue weighted by atomic mass is 16.4. The summed E-state index contributed by atoms with van der Waals surface area (Å²) in [5.41, 5.74) is 3.78. The van der Waals surface area contributed by atoms with Gasteiger partial charge in [-0.15, -0.1) is 0 Å². The lowest BCUT2D eigenvalue weighted by Crippen LogP contribution is -1.99. The van der Waals surface area contributed by atoms with Gasteiger partial charge in [-0.3, -0.25) is 9.59 Å². The average Bonchev–Trinajstić information content (AvgIpc) is 4.24. The Morgan fingerprint density at radius 1 is 0.400 bits per heavy atom. The van der Waals surface area contributed by atoms with Crippen molar-refractivity contribution in [2.24, 2.45) is 0 Å².